The number of nitrogens with one attached hydrogen (secondary N) is 1. The van der Waals surface area contributed by atoms with Crippen LogP contribution in [-0.4, -0.2) is 16.1 Å². The molecule has 1 aromatic heterocycles. The number of anilines is 1. The average molecular weight is 279 g/mol. The van der Waals surface area contributed by atoms with Crippen LogP contribution in [0.2, 0.25) is 5.02 Å². The first-order valence-corrected chi connectivity index (χ1v) is 6.76. The molecule has 0 fully saturated rings. The number of hydrogen-bond donors (Lipinski definition) is 2. The minimum absolute atomic E-state index is 0.0289. The number of nitrogens with zero attached hydrogens (tertiary/aromatic N) is 2. The second-order valence-electron chi connectivity index (χ2n) is 4.50. The summed E-state index contributed by atoms with van der Waals surface area (Å²) in [6.07, 6.45) is 3.67. The number of imidazole rings is 1. The van der Waals surface area contributed by atoms with E-state index in [9.17, 15) is 0 Å². The second kappa shape index (κ2) is 6.08. The van der Waals surface area contributed by atoms with Crippen LogP contribution in [0, 0.1) is 6.92 Å². The fraction of sp³-hybridized carbons (Fsp3) is 0.357. The van der Waals surface area contributed by atoms with Crippen molar-refractivity contribution in [2.75, 3.05) is 11.9 Å². The lowest BCUT2D eigenvalue weighted by Crippen LogP contribution is -2.23. The number of hydrogen-bond acceptors (Lipinski definition) is 3. The van der Waals surface area contributed by atoms with Gasteiger partial charge in [-0.2, -0.15) is 0 Å². The maximum absolute atomic E-state index is 6.14. The van der Waals surface area contributed by atoms with Crippen molar-refractivity contribution in [1.82, 2.24) is 9.55 Å². The van der Waals surface area contributed by atoms with Gasteiger partial charge in [0.25, 0.3) is 0 Å². The highest BCUT2D eigenvalue weighted by Crippen LogP contribution is 2.23. The Morgan fingerprint density at radius 1 is 1.47 bits per heavy atom. The van der Waals surface area contributed by atoms with E-state index in [2.05, 4.69) is 21.8 Å². The first kappa shape index (κ1) is 13.9. The minimum atomic E-state index is 0.0289. The fourth-order valence-electron chi connectivity index (χ4n) is 2.02. The molecule has 1 heterocycles. The Balaban J connectivity index is 2.21. The Labute approximate surface area is 118 Å². The molecule has 0 aliphatic heterocycles. The molecule has 0 amide bonds. The van der Waals surface area contributed by atoms with Crippen LogP contribution >= 0.6 is 11.6 Å². The normalized spacial score (nSPS) is 12.4. The summed E-state index contributed by atoms with van der Waals surface area (Å²) in [5, 5.41) is 4.16. The molecule has 3 N–H and O–H groups in total. The van der Waals surface area contributed by atoms with Crippen molar-refractivity contribution < 1.29 is 0 Å². The number of halogens is 1. The maximum Gasteiger partial charge on any atom is 0.0948 e. The summed E-state index contributed by atoms with van der Waals surface area (Å²) < 4.78 is 2.08. The molecule has 4 nitrogen and oxygen atoms in total. The highest BCUT2D eigenvalue weighted by Gasteiger charge is 2.14. The Kier molecular flexibility index (Phi) is 4.45. The van der Waals surface area contributed by atoms with Crippen LogP contribution in [-0.2, 0) is 6.54 Å². The molecule has 0 bridgehead atoms. The van der Waals surface area contributed by atoms with Crippen LogP contribution < -0.4 is 11.1 Å². The van der Waals surface area contributed by atoms with Gasteiger partial charge in [0.15, 0.2) is 0 Å². The molecule has 2 rings (SSSR count). The molecule has 0 aliphatic rings. The summed E-state index contributed by atoms with van der Waals surface area (Å²) in [5.41, 5.74) is 8.98. The lowest BCUT2D eigenvalue weighted by Gasteiger charge is -2.19. The first-order chi connectivity index (χ1) is 9.15. The number of rotatable bonds is 5. The second-order valence-corrected chi connectivity index (χ2v) is 4.91. The molecule has 0 saturated heterocycles. The lowest BCUT2D eigenvalue weighted by molar-refractivity contribution is 0.654. The monoisotopic (exact) mass is 278 g/mol. The maximum atomic E-state index is 6.14. The van der Waals surface area contributed by atoms with Gasteiger partial charge >= 0.3 is 0 Å². The van der Waals surface area contributed by atoms with Crippen molar-refractivity contribution >= 4 is 17.3 Å². The van der Waals surface area contributed by atoms with E-state index in [1.807, 2.05) is 37.6 Å². The Morgan fingerprint density at radius 2 is 2.26 bits per heavy atom. The zero-order chi connectivity index (χ0) is 13.8. The summed E-state index contributed by atoms with van der Waals surface area (Å²) in [7, 11) is 0. The van der Waals surface area contributed by atoms with Gasteiger partial charge in [-0.25, -0.2) is 4.98 Å². The van der Waals surface area contributed by atoms with E-state index in [0.717, 1.165) is 28.5 Å². The minimum Gasteiger partial charge on any atom is -0.375 e. The van der Waals surface area contributed by atoms with E-state index in [-0.39, 0.29) is 6.04 Å². The molecule has 1 atom stereocenters. The molecule has 0 aliphatic carbocycles. The molecular formula is C14H19ClN4. The van der Waals surface area contributed by atoms with Crippen molar-refractivity contribution in [1.29, 1.82) is 0 Å². The van der Waals surface area contributed by atoms with Crippen LogP contribution in [0.5, 0.6) is 0 Å². The number of aryl methyl sites for hydroxylation is 2. The Morgan fingerprint density at radius 3 is 2.89 bits per heavy atom. The van der Waals surface area contributed by atoms with Gasteiger partial charge in [-0.3, -0.25) is 0 Å². The standard InChI is InChI=1S/C14H19ClN4/c1-3-19-9-17-8-14(19)13(7-16)18-11-5-4-10(2)12(15)6-11/h4-6,8-9,13,18H,3,7,16H2,1-2H3. The summed E-state index contributed by atoms with van der Waals surface area (Å²) in [6.45, 7) is 5.44. The van der Waals surface area contributed by atoms with E-state index >= 15 is 0 Å². The van der Waals surface area contributed by atoms with Crippen molar-refractivity contribution in [3.05, 3.63) is 47.0 Å². The smallest absolute Gasteiger partial charge is 0.0948 e. The van der Waals surface area contributed by atoms with Crippen LogP contribution in [0.4, 0.5) is 5.69 Å². The van der Waals surface area contributed by atoms with Crippen LogP contribution in [0.3, 0.4) is 0 Å². The number of aromatic nitrogens is 2. The first-order valence-electron chi connectivity index (χ1n) is 6.38. The molecule has 1 unspecified atom stereocenters. The third-order valence-corrected chi connectivity index (χ3v) is 3.60. The largest absolute Gasteiger partial charge is 0.375 e. The quantitative estimate of drug-likeness (QED) is 0.884. The van der Waals surface area contributed by atoms with Gasteiger partial charge in [0.1, 0.15) is 0 Å². The van der Waals surface area contributed by atoms with Crippen LogP contribution in [0.25, 0.3) is 0 Å². The zero-order valence-electron chi connectivity index (χ0n) is 11.2. The van der Waals surface area contributed by atoms with Gasteiger partial charge in [-0.05, 0) is 31.5 Å². The van der Waals surface area contributed by atoms with E-state index in [1.165, 1.54) is 0 Å². The van der Waals surface area contributed by atoms with Crippen molar-refractivity contribution in [3.63, 3.8) is 0 Å². The predicted molar refractivity (Wildman–Crippen MR) is 79.5 cm³/mol. The number of nitrogens with two attached hydrogens (primary N) is 1. The molecule has 102 valence electrons. The number of benzene rings is 1. The highest BCUT2D eigenvalue weighted by molar-refractivity contribution is 6.31. The summed E-state index contributed by atoms with van der Waals surface area (Å²) >= 11 is 6.14. The van der Waals surface area contributed by atoms with Gasteiger partial charge in [0.05, 0.1) is 24.3 Å². The lowest BCUT2D eigenvalue weighted by atomic mass is 10.1. The van der Waals surface area contributed by atoms with E-state index in [0.29, 0.717) is 6.54 Å². The van der Waals surface area contributed by atoms with Crippen molar-refractivity contribution in [3.8, 4) is 0 Å². The van der Waals surface area contributed by atoms with Gasteiger partial charge in [-0.1, -0.05) is 17.7 Å². The average Bonchev–Trinajstić information content (AvgIpc) is 2.88. The SMILES string of the molecule is CCn1cncc1C(CN)Nc1ccc(C)c(Cl)c1. The Hall–Kier alpha value is -1.52. The van der Waals surface area contributed by atoms with Crippen molar-refractivity contribution in [2.45, 2.75) is 26.4 Å². The van der Waals surface area contributed by atoms with Crippen LogP contribution in [0.15, 0.2) is 30.7 Å². The van der Waals surface area contributed by atoms with E-state index in [4.69, 9.17) is 17.3 Å². The van der Waals surface area contributed by atoms with Gasteiger partial charge in [0, 0.05) is 23.8 Å². The molecule has 0 saturated carbocycles. The van der Waals surface area contributed by atoms with Gasteiger partial charge in [-0.15, -0.1) is 0 Å². The third kappa shape index (κ3) is 3.08. The molecular weight excluding hydrogens is 260 g/mol. The zero-order valence-corrected chi connectivity index (χ0v) is 12.0. The van der Waals surface area contributed by atoms with Gasteiger partial charge in [0.2, 0.25) is 0 Å². The molecule has 1 aromatic carbocycles. The molecule has 0 radical (unpaired) electrons. The molecule has 19 heavy (non-hydrogen) atoms. The fourth-order valence-corrected chi connectivity index (χ4v) is 2.20. The summed E-state index contributed by atoms with van der Waals surface area (Å²) in [6, 6.07) is 5.96. The van der Waals surface area contributed by atoms with Crippen molar-refractivity contribution in [2.24, 2.45) is 5.73 Å². The van der Waals surface area contributed by atoms with E-state index in [1.54, 1.807) is 0 Å². The molecule has 0 spiro atoms. The van der Waals surface area contributed by atoms with Crippen LogP contribution in [0.1, 0.15) is 24.2 Å². The van der Waals surface area contributed by atoms with Gasteiger partial charge < -0.3 is 15.6 Å². The molecule has 5 heteroatoms. The topological polar surface area (TPSA) is 55.9 Å². The Bertz CT molecular complexity index is 550. The summed E-state index contributed by atoms with van der Waals surface area (Å²) in [4.78, 5) is 4.18. The molecule has 2 aromatic rings. The third-order valence-electron chi connectivity index (χ3n) is 3.19. The van der Waals surface area contributed by atoms with E-state index < -0.39 is 0 Å². The highest BCUT2D eigenvalue weighted by atomic mass is 35.5. The predicted octanol–water partition coefficient (Wildman–Crippen LogP) is 2.98. The summed E-state index contributed by atoms with van der Waals surface area (Å²) in [5.74, 6) is 0.